The highest BCUT2D eigenvalue weighted by atomic mass is 19.4. The number of rotatable bonds is 2. The third-order valence-corrected chi connectivity index (χ3v) is 2.71. The summed E-state index contributed by atoms with van der Waals surface area (Å²) in [5.41, 5.74) is -1.58. The molecule has 2 aromatic rings. The lowest BCUT2D eigenvalue weighted by Gasteiger charge is -2.12. The van der Waals surface area contributed by atoms with Crippen LogP contribution in [0.4, 0.5) is 17.6 Å². The number of benzene rings is 2. The number of carbonyl (C=O) groups is 1. The Labute approximate surface area is 111 Å². The quantitative estimate of drug-likeness (QED) is 0.839. The fourth-order valence-corrected chi connectivity index (χ4v) is 1.82. The summed E-state index contributed by atoms with van der Waals surface area (Å²) in [6.07, 6.45) is -4.76. The van der Waals surface area contributed by atoms with Crippen LogP contribution in [0, 0.1) is 5.82 Å². The molecule has 0 bridgehead atoms. The summed E-state index contributed by atoms with van der Waals surface area (Å²) in [5, 5.41) is 8.88. The van der Waals surface area contributed by atoms with Gasteiger partial charge in [0.2, 0.25) is 0 Å². The highest BCUT2D eigenvalue weighted by Gasteiger charge is 2.35. The minimum Gasteiger partial charge on any atom is -0.478 e. The third kappa shape index (κ3) is 2.79. The molecular weight excluding hydrogens is 276 g/mol. The van der Waals surface area contributed by atoms with Crippen LogP contribution in [0.25, 0.3) is 11.1 Å². The molecule has 20 heavy (non-hydrogen) atoms. The van der Waals surface area contributed by atoms with E-state index in [0.717, 1.165) is 18.2 Å². The lowest BCUT2D eigenvalue weighted by molar-refractivity contribution is -0.138. The van der Waals surface area contributed by atoms with E-state index in [0.29, 0.717) is 11.6 Å². The first-order valence-corrected chi connectivity index (χ1v) is 5.49. The van der Waals surface area contributed by atoms with Crippen molar-refractivity contribution >= 4 is 5.97 Å². The van der Waals surface area contributed by atoms with Crippen LogP contribution in [0.5, 0.6) is 0 Å². The zero-order chi connectivity index (χ0) is 14.9. The molecule has 0 amide bonds. The Hall–Kier alpha value is -2.37. The molecule has 104 valence electrons. The number of alkyl halides is 3. The molecule has 0 aromatic heterocycles. The molecule has 0 aliphatic carbocycles. The third-order valence-electron chi connectivity index (χ3n) is 2.71. The van der Waals surface area contributed by atoms with Crippen LogP contribution in [0.15, 0.2) is 42.5 Å². The van der Waals surface area contributed by atoms with Gasteiger partial charge < -0.3 is 5.11 Å². The van der Waals surface area contributed by atoms with Crippen molar-refractivity contribution in [2.45, 2.75) is 6.18 Å². The van der Waals surface area contributed by atoms with Gasteiger partial charge in [-0.1, -0.05) is 18.2 Å². The van der Waals surface area contributed by atoms with Crippen LogP contribution >= 0.6 is 0 Å². The molecule has 2 rings (SSSR count). The predicted molar refractivity (Wildman–Crippen MR) is 63.8 cm³/mol. The fraction of sp³-hybridized carbons (Fsp3) is 0.0714. The molecule has 0 fully saturated rings. The van der Waals surface area contributed by atoms with Crippen LogP contribution in [0.3, 0.4) is 0 Å². The van der Waals surface area contributed by atoms with Gasteiger partial charge in [0.15, 0.2) is 0 Å². The minimum atomic E-state index is -4.76. The van der Waals surface area contributed by atoms with Crippen LogP contribution in [0.1, 0.15) is 15.9 Å². The van der Waals surface area contributed by atoms with E-state index in [1.807, 2.05) is 0 Å². The summed E-state index contributed by atoms with van der Waals surface area (Å²) in [6.45, 7) is 0. The molecule has 2 nitrogen and oxygen atoms in total. The number of carboxylic acids is 1. The van der Waals surface area contributed by atoms with Crippen molar-refractivity contribution < 1.29 is 27.5 Å². The number of hydrogen-bond acceptors (Lipinski definition) is 1. The lowest BCUT2D eigenvalue weighted by atomic mass is 9.99. The Bertz CT molecular complexity index is 662. The summed E-state index contributed by atoms with van der Waals surface area (Å²) in [6, 6.07) is 7.87. The molecule has 0 radical (unpaired) electrons. The molecule has 0 heterocycles. The van der Waals surface area contributed by atoms with E-state index < -0.39 is 29.1 Å². The fourth-order valence-electron chi connectivity index (χ4n) is 1.82. The molecule has 0 aliphatic rings. The maximum Gasteiger partial charge on any atom is 0.417 e. The molecule has 0 saturated heterocycles. The average Bonchev–Trinajstić information content (AvgIpc) is 2.37. The van der Waals surface area contributed by atoms with Gasteiger partial charge in [0.05, 0.1) is 11.1 Å². The summed E-state index contributed by atoms with van der Waals surface area (Å²) in [4.78, 5) is 10.9. The van der Waals surface area contributed by atoms with E-state index in [4.69, 9.17) is 5.11 Å². The maximum atomic E-state index is 13.1. The molecule has 0 saturated carbocycles. The van der Waals surface area contributed by atoms with Crippen LogP contribution < -0.4 is 0 Å². The number of carboxylic acid groups (broad SMARTS) is 1. The molecular formula is C14H8F4O2. The van der Waals surface area contributed by atoms with Crippen molar-refractivity contribution in [1.29, 1.82) is 0 Å². The first-order valence-electron chi connectivity index (χ1n) is 5.49. The second-order valence-electron chi connectivity index (χ2n) is 4.07. The van der Waals surface area contributed by atoms with Crippen molar-refractivity contribution in [3.63, 3.8) is 0 Å². The second kappa shape index (κ2) is 4.96. The van der Waals surface area contributed by atoms with Gasteiger partial charge in [-0.3, -0.25) is 0 Å². The monoisotopic (exact) mass is 284 g/mol. The summed E-state index contributed by atoms with van der Waals surface area (Å²) < 4.78 is 51.1. The van der Waals surface area contributed by atoms with E-state index in [9.17, 15) is 22.4 Å². The highest BCUT2D eigenvalue weighted by molar-refractivity contribution is 5.91. The smallest absolute Gasteiger partial charge is 0.417 e. The zero-order valence-corrected chi connectivity index (χ0v) is 9.91. The molecule has 0 unspecified atom stereocenters. The van der Waals surface area contributed by atoms with Gasteiger partial charge >= 0.3 is 12.1 Å². The van der Waals surface area contributed by atoms with Gasteiger partial charge in [-0.2, -0.15) is 13.2 Å². The average molecular weight is 284 g/mol. The topological polar surface area (TPSA) is 37.3 Å². The Balaban J connectivity index is 2.59. The Morgan fingerprint density at radius 1 is 1.00 bits per heavy atom. The maximum absolute atomic E-state index is 13.1. The van der Waals surface area contributed by atoms with Gasteiger partial charge in [0.1, 0.15) is 5.82 Å². The Morgan fingerprint density at radius 3 is 2.20 bits per heavy atom. The lowest BCUT2D eigenvalue weighted by Crippen LogP contribution is -2.12. The number of hydrogen-bond donors (Lipinski definition) is 1. The minimum absolute atomic E-state index is 0.204. The normalized spacial score (nSPS) is 11.4. The zero-order valence-electron chi connectivity index (χ0n) is 9.91. The summed E-state index contributed by atoms with van der Waals surface area (Å²) in [7, 11) is 0. The van der Waals surface area contributed by atoms with E-state index in [1.54, 1.807) is 0 Å². The van der Waals surface area contributed by atoms with Crippen molar-refractivity contribution in [2.24, 2.45) is 0 Å². The molecule has 6 heteroatoms. The standard InChI is InChI=1S/C14H8F4O2/c15-10-3-1-2-8(6-10)9-4-5-12(14(16,17)18)11(7-9)13(19)20/h1-7H,(H,19,20). The Kier molecular flexibility index (Phi) is 3.48. The first-order chi connectivity index (χ1) is 9.29. The first kappa shape index (κ1) is 14.0. The SMILES string of the molecule is O=C(O)c1cc(-c2cccc(F)c2)ccc1C(F)(F)F. The largest absolute Gasteiger partial charge is 0.478 e. The van der Waals surface area contributed by atoms with Crippen molar-refractivity contribution in [1.82, 2.24) is 0 Å². The van der Waals surface area contributed by atoms with Crippen LogP contribution in [0.2, 0.25) is 0 Å². The van der Waals surface area contributed by atoms with Crippen LogP contribution in [-0.2, 0) is 6.18 Å². The van der Waals surface area contributed by atoms with Gasteiger partial charge in [0, 0.05) is 0 Å². The molecule has 0 aliphatic heterocycles. The van der Waals surface area contributed by atoms with E-state index in [2.05, 4.69) is 0 Å². The Morgan fingerprint density at radius 2 is 1.65 bits per heavy atom. The van der Waals surface area contributed by atoms with Gasteiger partial charge in [-0.15, -0.1) is 0 Å². The highest BCUT2D eigenvalue weighted by Crippen LogP contribution is 2.34. The molecule has 1 N–H and O–H groups in total. The number of aromatic carboxylic acids is 1. The summed E-state index contributed by atoms with van der Waals surface area (Å²) >= 11 is 0. The molecule has 0 spiro atoms. The van der Waals surface area contributed by atoms with E-state index >= 15 is 0 Å². The van der Waals surface area contributed by atoms with Gasteiger partial charge in [0.25, 0.3) is 0 Å². The second-order valence-corrected chi connectivity index (χ2v) is 4.07. The molecule has 0 atom stereocenters. The van der Waals surface area contributed by atoms with Gasteiger partial charge in [-0.25, -0.2) is 9.18 Å². The van der Waals surface area contributed by atoms with Crippen molar-refractivity contribution in [2.75, 3.05) is 0 Å². The number of halogens is 4. The van der Waals surface area contributed by atoms with Crippen LogP contribution in [-0.4, -0.2) is 11.1 Å². The van der Waals surface area contributed by atoms with Gasteiger partial charge in [-0.05, 0) is 35.4 Å². The summed E-state index contributed by atoms with van der Waals surface area (Å²) in [5.74, 6) is -2.24. The van der Waals surface area contributed by atoms with E-state index in [1.165, 1.54) is 18.2 Å². The molecule has 2 aromatic carbocycles. The van der Waals surface area contributed by atoms with Crippen molar-refractivity contribution in [3.05, 3.63) is 59.4 Å². The van der Waals surface area contributed by atoms with Crippen molar-refractivity contribution in [3.8, 4) is 11.1 Å². The predicted octanol–water partition coefficient (Wildman–Crippen LogP) is 4.21. The van der Waals surface area contributed by atoms with E-state index in [-0.39, 0.29) is 5.56 Å².